The van der Waals surface area contributed by atoms with E-state index in [1.807, 2.05) is 36.4 Å². The third kappa shape index (κ3) is 3.47. The first-order chi connectivity index (χ1) is 12.1. The SMILES string of the molecule is O=C(OCc1ccccc1)S(=O)(=O)C1(c2ccccc2)CCCCC1. The van der Waals surface area contributed by atoms with Crippen LogP contribution in [0.3, 0.4) is 0 Å². The quantitative estimate of drug-likeness (QED) is 0.750. The van der Waals surface area contributed by atoms with Gasteiger partial charge in [0.1, 0.15) is 11.4 Å². The van der Waals surface area contributed by atoms with Crippen LogP contribution in [-0.4, -0.2) is 13.7 Å². The molecule has 0 aliphatic heterocycles. The fraction of sp³-hybridized carbons (Fsp3) is 0.350. The molecule has 0 saturated heterocycles. The van der Waals surface area contributed by atoms with Gasteiger partial charge in [0.2, 0.25) is 0 Å². The Kier molecular flexibility index (Phi) is 5.23. The third-order valence-electron chi connectivity index (χ3n) is 4.89. The minimum absolute atomic E-state index is 0.0379. The second-order valence-corrected chi connectivity index (χ2v) is 8.57. The van der Waals surface area contributed by atoms with Gasteiger partial charge in [0.05, 0.1) is 0 Å². The zero-order valence-electron chi connectivity index (χ0n) is 14.1. The molecule has 2 aromatic rings. The molecular weight excluding hydrogens is 336 g/mol. The predicted octanol–water partition coefficient (Wildman–Crippen LogP) is 4.60. The normalized spacial score (nSPS) is 17.0. The van der Waals surface area contributed by atoms with Gasteiger partial charge in [-0.1, -0.05) is 79.9 Å². The van der Waals surface area contributed by atoms with Gasteiger partial charge in [-0.25, -0.2) is 13.2 Å². The lowest BCUT2D eigenvalue weighted by Crippen LogP contribution is -2.42. The molecule has 0 aromatic heterocycles. The van der Waals surface area contributed by atoms with Crippen LogP contribution < -0.4 is 0 Å². The summed E-state index contributed by atoms with van der Waals surface area (Å²) in [6, 6.07) is 18.2. The smallest absolute Gasteiger partial charge is 0.426 e. The summed E-state index contributed by atoms with van der Waals surface area (Å²) in [4.78, 5) is 12.5. The van der Waals surface area contributed by atoms with Crippen LogP contribution in [0.25, 0.3) is 0 Å². The monoisotopic (exact) mass is 358 g/mol. The van der Waals surface area contributed by atoms with E-state index in [-0.39, 0.29) is 6.61 Å². The Labute approximate surface area is 148 Å². The van der Waals surface area contributed by atoms with Crippen molar-refractivity contribution in [3.63, 3.8) is 0 Å². The van der Waals surface area contributed by atoms with Gasteiger partial charge in [-0.3, -0.25) is 0 Å². The first kappa shape index (κ1) is 17.7. The molecule has 4 nitrogen and oxygen atoms in total. The number of hydrogen-bond acceptors (Lipinski definition) is 4. The van der Waals surface area contributed by atoms with E-state index in [2.05, 4.69) is 0 Å². The molecule has 0 N–H and O–H groups in total. The maximum atomic E-state index is 13.2. The maximum Gasteiger partial charge on any atom is 0.426 e. The van der Waals surface area contributed by atoms with E-state index in [9.17, 15) is 13.2 Å². The molecule has 0 bridgehead atoms. The highest BCUT2D eigenvalue weighted by Gasteiger charge is 2.50. The van der Waals surface area contributed by atoms with Crippen molar-refractivity contribution in [1.29, 1.82) is 0 Å². The average molecular weight is 358 g/mol. The number of carbonyl (C=O) groups excluding carboxylic acids is 1. The van der Waals surface area contributed by atoms with E-state index >= 15 is 0 Å². The van der Waals surface area contributed by atoms with Crippen molar-refractivity contribution in [3.8, 4) is 0 Å². The molecule has 0 radical (unpaired) electrons. The average Bonchev–Trinajstić information content (AvgIpc) is 2.68. The molecule has 2 aromatic carbocycles. The second kappa shape index (κ2) is 7.40. The van der Waals surface area contributed by atoms with E-state index in [1.54, 1.807) is 24.3 Å². The van der Waals surface area contributed by atoms with Crippen LogP contribution in [0.5, 0.6) is 0 Å². The van der Waals surface area contributed by atoms with Gasteiger partial charge < -0.3 is 4.74 Å². The summed E-state index contributed by atoms with van der Waals surface area (Å²) in [6.45, 7) is -0.0379. The predicted molar refractivity (Wildman–Crippen MR) is 96.8 cm³/mol. The van der Waals surface area contributed by atoms with Crippen LogP contribution in [0.2, 0.25) is 0 Å². The molecule has 1 aliphatic carbocycles. The van der Waals surface area contributed by atoms with Crippen LogP contribution in [0.4, 0.5) is 4.79 Å². The zero-order valence-corrected chi connectivity index (χ0v) is 14.9. The van der Waals surface area contributed by atoms with Gasteiger partial charge in [-0.05, 0) is 24.0 Å². The van der Waals surface area contributed by atoms with Gasteiger partial charge in [0.15, 0.2) is 0 Å². The van der Waals surface area contributed by atoms with Gasteiger partial charge in [-0.15, -0.1) is 0 Å². The molecule has 1 fully saturated rings. The number of benzene rings is 2. The van der Waals surface area contributed by atoms with Gasteiger partial charge in [0.25, 0.3) is 9.84 Å². The number of sulfone groups is 1. The number of ether oxygens (including phenoxy) is 1. The summed E-state index contributed by atoms with van der Waals surface area (Å²) in [6.07, 6.45) is 3.49. The summed E-state index contributed by atoms with van der Waals surface area (Å²) in [7, 11) is -4.11. The van der Waals surface area contributed by atoms with Crippen LogP contribution in [0, 0.1) is 0 Å². The minimum Gasteiger partial charge on any atom is -0.449 e. The largest absolute Gasteiger partial charge is 0.449 e. The maximum absolute atomic E-state index is 13.2. The van der Waals surface area contributed by atoms with Crippen molar-refractivity contribution in [3.05, 3.63) is 71.8 Å². The molecule has 1 aliphatic rings. The molecule has 0 atom stereocenters. The highest BCUT2D eigenvalue weighted by molar-refractivity contribution is 8.06. The number of hydrogen-bond donors (Lipinski definition) is 0. The molecule has 1 saturated carbocycles. The summed E-state index contributed by atoms with van der Waals surface area (Å²) in [5.41, 5.74) is 1.45. The summed E-state index contributed by atoms with van der Waals surface area (Å²) < 4.78 is 30.3. The summed E-state index contributed by atoms with van der Waals surface area (Å²) in [5.74, 6) is 0. The van der Waals surface area contributed by atoms with Crippen molar-refractivity contribution < 1.29 is 17.9 Å². The first-order valence-corrected chi connectivity index (χ1v) is 10.1. The molecule has 0 unspecified atom stereocenters. The first-order valence-electron chi connectivity index (χ1n) is 8.57. The van der Waals surface area contributed by atoms with Crippen molar-refractivity contribution in [2.45, 2.75) is 43.5 Å². The second-order valence-electron chi connectivity index (χ2n) is 6.45. The van der Waals surface area contributed by atoms with E-state index < -0.39 is 19.9 Å². The molecule has 0 spiro atoms. The van der Waals surface area contributed by atoms with E-state index in [0.717, 1.165) is 24.8 Å². The Bertz CT molecular complexity index is 807. The van der Waals surface area contributed by atoms with Gasteiger partial charge in [-0.2, -0.15) is 0 Å². The lowest BCUT2D eigenvalue weighted by molar-refractivity contribution is 0.164. The molecule has 3 rings (SSSR count). The van der Waals surface area contributed by atoms with E-state index in [4.69, 9.17) is 4.74 Å². The molecule has 0 heterocycles. The highest BCUT2D eigenvalue weighted by atomic mass is 32.2. The van der Waals surface area contributed by atoms with E-state index in [1.165, 1.54) is 0 Å². The van der Waals surface area contributed by atoms with Crippen molar-refractivity contribution >= 4 is 15.1 Å². The Balaban J connectivity index is 1.87. The van der Waals surface area contributed by atoms with Crippen LogP contribution in [0.1, 0.15) is 43.2 Å². The van der Waals surface area contributed by atoms with Crippen molar-refractivity contribution in [2.24, 2.45) is 0 Å². The number of carbonyl (C=O) groups is 1. The molecule has 132 valence electrons. The van der Waals surface area contributed by atoms with Crippen molar-refractivity contribution in [1.82, 2.24) is 0 Å². The van der Waals surface area contributed by atoms with E-state index in [0.29, 0.717) is 18.4 Å². The Morgan fingerprint density at radius 1 is 0.880 bits per heavy atom. The lowest BCUT2D eigenvalue weighted by Gasteiger charge is -2.35. The Morgan fingerprint density at radius 2 is 1.44 bits per heavy atom. The van der Waals surface area contributed by atoms with Crippen molar-refractivity contribution in [2.75, 3.05) is 0 Å². The van der Waals surface area contributed by atoms with Gasteiger partial charge >= 0.3 is 5.30 Å². The third-order valence-corrected chi connectivity index (χ3v) is 7.12. The Morgan fingerprint density at radius 3 is 2.04 bits per heavy atom. The lowest BCUT2D eigenvalue weighted by atomic mass is 9.83. The summed E-state index contributed by atoms with van der Waals surface area (Å²) in [5, 5.41) is -1.12. The fourth-order valence-corrected chi connectivity index (χ4v) is 5.34. The molecule has 0 amide bonds. The highest BCUT2D eigenvalue weighted by Crippen LogP contribution is 2.44. The molecule has 5 heteroatoms. The topological polar surface area (TPSA) is 60.4 Å². The molecular formula is C20H22O4S. The standard InChI is InChI=1S/C20H22O4S/c21-19(24-16-17-10-4-1-5-11-17)25(22,23)20(14-8-3-9-15-20)18-12-6-2-7-13-18/h1-2,4-7,10-13H,3,8-9,14-16H2. The zero-order chi connectivity index (χ0) is 17.8. The number of rotatable bonds is 4. The van der Waals surface area contributed by atoms with Crippen LogP contribution >= 0.6 is 0 Å². The fourth-order valence-electron chi connectivity index (χ4n) is 3.53. The Hall–Kier alpha value is -2.14. The van der Waals surface area contributed by atoms with Crippen LogP contribution in [0.15, 0.2) is 60.7 Å². The summed E-state index contributed by atoms with van der Waals surface area (Å²) >= 11 is 0. The molecule has 25 heavy (non-hydrogen) atoms. The van der Waals surface area contributed by atoms with Crippen LogP contribution in [-0.2, 0) is 25.9 Å². The van der Waals surface area contributed by atoms with Gasteiger partial charge in [0, 0.05) is 0 Å². The minimum atomic E-state index is -4.11.